The van der Waals surface area contributed by atoms with Crippen LogP contribution in [0.1, 0.15) is 1.37 Å². The Labute approximate surface area is 164 Å². The molecule has 5 nitrogen and oxygen atoms in total. The Kier molecular flexibility index (Phi) is 3.52. The van der Waals surface area contributed by atoms with E-state index in [0.29, 0.717) is 11.7 Å². The van der Waals surface area contributed by atoms with Gasteiger partial charge in [0, 0.05) is 22.3 Å². The SMILES string of the molecule is [2H]C1=C2/C=c3/cc/c([nH]3)=C/C3=NC(=C\C4=NC(=C\C(CO)(N2)C1C=C)/C=C4)/C=C3. The summed E-state index contributed by atoms with van der Waals surface area (Å²) in [6.07, 6.45) is 17.1. The van der Waals surface area contributed by atoms with E-state index in [2.05, 4.69) is 26.9 Å². The van der Waals surface area contributed by atoms with E-state index in [-0.39, 0.29) is 12.5 Å². The molecule has 0 radical (unpaired) electrons. The summed E-state index contributed by atoms with van der Waals surface area (Å²) in [6.45, 7) is 3.71. The van der Waals surface area contributed by atoms with Crippen molar-refractivity contribution in [3.63, 3.8) is 0 Å². The maximum Gasteiger partial charge on any atom is 0.0909 e. The van der Waals surface area contributed by atoms with Crippen LogP contribution in [-0.4, -0.2) is 33.7 Å². The highest BCUT2D eigenvalue weighted by Gasteiger charge is 2.39. The highest BCUT2D eigenvalue weighted by atomic mass is 16.3. The molecule has 0 amide bonds. The van der Waals surface area contributed by atoms with Gasteiger partial charge in [0.15, 0.2) is 0 Å². The van der Waals surface area contributed by atoms with Gasteiger partial charge >= 0.3 is 0 Å². The summed E-state index contributed by atoms with van der Waals surface area (Å²) in [5.74, 6) is -0.376. The molecule has 2 atom stereocenters. The van der Waals surface area contributed by atoms with E-state index >= 15 is 0 Å². The van der Waals surface area contributed by atoms with Gasteiger partial charge in [-0.1, -0.05) is 12.1 Å². The van der Waals surface area contributed by atoms with Crippen molar-refractivity contribution in [3.05, 3.63) is 95.1 Å². The molecule has 0 spiro atoms. The van der Waals surface area contributed by atoms with Crippen LogP contribution < -0.4 is 16.0 Å². The minimum Gasteiger partial charge on any atom is -0.394 e. The molecule has 5 heteroatoms. The molecule has 3 N–H and O–H groups in total. The molecule has 5 rings (SSSR count). The van der Waals surface area contributed by atoms with E-state index in [9.17, 15) is 5.11 Å². The monoisotopic (exact) mass is 369 g/mol. The van der Waals surface area contributed by atoms with Gasteiger partial charge in [0.2, 0.25) is 0 Å². The number of H-pyrrole nitrogens is 1. The second-order valence-electron chi connectivity index (χ2n) is 7.13. The van der Waals surface area contributed by atoms with E-state index in [1.807, 2.05) is 60.7 Å². The molecule has 8 bridgehead atoms. The van der Waals surface area contributed by atoms with Crippen molar-refractivity contribution in [2.75, 3.05) is 6.61 Å². The zero-order chi connectivity index (χ0) is 20.0. The van der Waals surface area contributed by atoms with Gasteiger partial charge in [0.25, 0.3) is 0 Å². The normalized spacial score (nSPS) is 34.0. The Morgan fingerprint density at radius 2 is 1.79 bits per heavy atom. The topological polar surface area (TPSA) is 72.8 Å². The number of hydrogen-bond donors (Lipinski definition) is 3. The summed E-state index contributed by atoms with van der Waals surface area (Å²) < 4.78 is 8.63. The van der Waals surface area contributed by atoms with Crippen molar-refractivity contribution in [2.45, 2.75) is 5.54 Å². The number of aliphatic hydroxyl groups is 1. The summed E-state index contributed by atoms with van der Waals surface area (Å²) in [6, 6.07) is 4.32. The third-order valence-corrected chi connectivity index (χ3v) is 5.13. The fraction of sp³-hybridized carbons (Fsp3) is 0.130. The summed E-state index contributed by atoms with van der Waals surface area (Å²) in [4.78, 5) is 12.6. The first-order valence-electron chi connectivity index (χ1n) is 9.67. The van der Waals surface area contributed by atoms with E-state index < -0.39 is 5.54 Å². The van der Waals surface area contributed by atoms with Gasteiger partial charge in [-0.3, -0.25) is 0 Å². The Morgan fingerprint density at radius 3 is 2.57 bits per heavy atom. The van der Waals surface area contributed by atoms with Crippen LogP contribution in [0.5, 0.6) is 0 Å². The number of aliphatic imine (C=N–C) groups is 2. The first-order valence-corrected chi connectivity index (χ1v) is 9.17. The van der Waals surface area contributed by atoms with Crippen molar-refractivity contribution in [1.82, 2.24) is 10.3 Å². The highest BCUT2D eigenvalue weighted by Crippen LogP contribution is 2.32. The number of hydrogen-bond acceptors (Lipinski definition) is 4. The van der Waals surface area contributed by atoms with E-state index in [0.717, 1.165) is 33.5 Å². The standard InChI is InChI=1S/C23H20N4O/c1-2-15-9-22-12-20-6-5-17(25-20)10-16-3-4-18(24-16)11-19-7-8-21(26-19)13-23(15,14-28)27-22/h2-13,15,25,27-28H,1,14H2/b17-10-,18-11-,20-12-,21-13-/i9D. The molecule has 0 aliphatic carbocycles. The van der Waals surface area contributed by atoms with E-state index in [4.69, 9.17) is 1.37 Å². The number of allylic oxidation sites excluding steroid dienone is 6. The van der Waals surface area contributed by atoms with Gasteiger partial charge in [-0.2, -0.15) is 0 Å². The van der Waals surface area contributed by atoms with Gasteiger partial charge < -0.3 is 15.4 Å². The lowest BCUT2D eigenvalue weighted by Gasteiger charge is -2.30. The van der Waals surface area contributed by atoms with Crippen LogP contribution >= 0.6 is 0 Å². The van der Waals surface area contributed by atoms with Crippen LogP contribution in [0.2, 0.25) is 0 Å². The average Bonchev–Trinajstić information content (AvgIpc) is 3.47. The number of nitrogens with zero attached hydrogens (tertiary/aromatic N) is 2. The molecule has 138 valence electrons. The zero-order valence-corrected chi connectivity index (χ0v) is 15.2. The van der Waals surface area contributed by atoms with Crippen LogP contribution in [0.4, 0.5) is 0 Å². The fourth-order valence-corrected chi connectivity index (χ4v) is 3.76. The fourth-order valence-electron chi connectivity index (χ4n) is 3.76. The Bertz CT molecular complexity index is 1250. The van der Waals surface area contributed by atoms with Gasteiger partial charge in [-0.25, -0.2) is 9.98 Å². The number of aromatic amines is 1. The highest BCUT2D eigenvalue weighted by molar-refractivity contribution is 6.19. The number of fused-ring (bicyclic) bond motifs is 6. The molecule has 1 aromatic rings. The average molecular weight is 369 g/mol. The minimum absolute atomic E-state index is 0.188. The van der Waals surface area contributed by atoms with Crippen molar-refractivity contribution in [1.29, 1.82) is 0 Å². The van der Waals surface area contributed by atoms with Gasteiger partial charge in [0.05, 0.1) is 36.3 Å². The summed E-state index contributed by atoms with van der Waals surface area (Å²) >= 11 is 0. The van der Waals surface area contributed by atoms with Crippen LogP contribution in [0, 0.1) is 5.92 Å². The van der Waals surface area contributed by atoms with Crippen LogP contribution in [0.3, 0.4) is 0 Å². The maximum atomic E-state index is 10.3. The molecule has 0 saturated carbocycles. The van der Waals surface area contributed by atoms with Crippen LogP contribution in [-0.2, 0) is 0 Å². The molecular formula is C23H20N4O. The molecule has 0 saturated heterocycles. The third-order valence-electron chi connectivity index (χ3n) is 5.13. The summed E-state index contributed by atoms with van der Waals surface area (Å²) in [5, 5.41) is 15.4. The first-order chi connectivity index (χ1) is 14.1. The molecular weight excluding hydrogens is 348 g/mol. The smallest absolute Gasteiger partial charge is 0.0909 e. The Morgan fingerprint density at radius 1 is 1.07 bits per heavy atom. The quantitative estimate of drug-likeness (QED) is 0.690. The third kappa shape index (κ3) is 2.86. The van der Waals surface area contributed by atoms with Crippen molar-refractivity contribution < 1.29 is 6.48 Å². The lowest BCUT2D eigenvalue weighted by atomic mass is 9.86. The van der Waals surface area contributed by atoms with Crippen molar-refractivity contribution in [2.24, 2.45) is 15.9 Å². The predicted molar refractivity (Wildman–Crippen MR) is 113 cm³/mol. The lowest BCUT2D eigenvalue weighted by molar-refractivity contribution is 0.196. The number of aromatic nitrogens is 1. The second kappa shape index (κ2) is 6.32. The minimum atomic E-state index is -0.867. The van der Waals surface area contributed by atoms with Crippen LogP contribution in [0.25, 0.3) is 12.2 Å². The molecule has 5 heterocycles. The van der Waals surface area contributed by atoms with Crippen LogP contribution in [0.15, 0.2) is 94.4 Å². The first kappa shape index (κ1) is 15.6. The number of nitrogens with one attached hydrogen (secondary N) is 2. The maximum absolute atomic E-state index is 10.3. The largest absolute Gasteiger partial charge is 0.394 e. The molecule has 4 aliphatic heterocycles. The molecule has 4 aliphatic rings. The van der Waals surface area contributed by atoms with E-state index in [1.54, 1.807) is 6.08 Å². The Balaban J connectivity index is 1.74. The van der Waals surface area contributed by atoms with Crippen molar-refractivity contribution >= 4 is 23.6 Å². The zero-order valence-electron chi connectivity index (χ0n) is 16.2. The molecule has 0 aromatic carbocycles. The predicted octanol–water partition coefficient (Wildman–Crippen LogP) is 1.40. The summed E-state index contributed by atoms with van der Waals surface area (Å²) in [7, 11) is 0. The molecule has 0 fully saturated rings. The number of aliphatic hydroxyl groups excluding tert-OH is 1. The summed E-state index contributed by atoms with van der Waals surface area (Å²) in [5.41, 5.74) is 3.00. The number of rotatable bonds is 2. The van der Waals surface area contributed by atoms with Gasteiger partial charge in [-0.15, -0.1) is 6.58 Å². The molecule has 1 aromatic heterocycles. The van der Waals surface area contributed by atoms with Gasteiger partial charge in [-0.05, 0) is 60.7 Å². The molecule has 28 heavy (non-hydrogen) atoms. The van der Waals surface area contributed by atoms with Gasteiger partial charge in [0.1, 0.15) is 0 Å². The second-order valence-corrected chi connectivity index (χ2v) is 7.13. The Hall–Kier alpha value is -3.44. The molecule has 2 unspecified atom stereocenters. The lowest BCUT2D eigenvalue weighted by Crippen LogP contribution is -2.47. The van der Waals surface area contributed by atoms with Crippen molar-refractivity contribution in [3.8, 4) is 0 Å². The van der Waals surface area contributed by atoms with E-state index in [1.165, 1.54) is 0 Å².